The van der Waals surface area contributed by atoms with Crippen LogP contribution in [-0.4, -0.2) is 58.6 Å². The number of hydrogen-bond donors (Lipinski definition) is 0. The van der Waals surface area contributed by atoms with Crippen LogP contribution >= 0.6 is 23.1 Å². The molecule has 3 heterocycles. The zero-order chi connectivity index (χ0) is 22.3. The SMILES string of the molecule is CCN(C(=O)CSc1nc2sc3c(c2c(=O)n1CC)CC[C@@H](C)C3)[C@@H]1CCS(=O)(=O)C1. The number of thiophene rings is 1. The molecule has 1 aliphatic heterocycles. The molecular weight excluding hydrogens is 454 g/mol. The first kappa shape index (κ1) is 22.8. The van der Waals surface area contributed by atoms with Crippen LogP contribution in [-0.2, 0) is 34.0 Å². The third-order valence-electron chi connectivity index (χ3n) is 6.33. The molecule has 170 valence electrons. The number of carbonyl (C=O) groups excluding carboxylic acids is 1. The molecule has 0 bridgehead atoms. The van der Waals surface area contributed by atoms with Gasteiger partial charge in [0, 0.05) is 24.0 Å². The maximum absolute atomic E-state index is 13.3. The Bertz CT molecular complexity index is 1170. The molecule has 10 heteroatoms. The molecule has 7 nitrogen and oxygen atoms in total. The van der Waals surface area contributed by atoms with Crippen LogP contribution in [0.3, 0.4) is 0 Å². The molecule has 2 aromatic heterocycles. The molecule has 1 amide bonds. The number of fused-ring (bicyclic) bond motifs is 3. The Balaban J connectivity index is 1.58. The largest absolute Gasteiger partial charge is 0.338 e. The molecule has 31 heavy (non-hydrogen) atoms. The van der Waals surface area contributed by atoms with Crippen LogP contribution in [0.1, 0.15) is 44.1 Å². The summed E-state index contributed by atoms with van der Waals surface area (Å²) in [7, 11) is -3.05. The minimum absolute atomic E-state index is 0.0104. The van der Waals surface area contributed by atoms with Crippen molar-refractivity contribution in [1.29, 1.82) is 0 Å². The summed E-state index contributed by atoms with van der Waals surface area (Å²) in [5, 5.41) is 1.32. The van der Waals surface area contributed by atoms with Crippen LogP contribution in [0, 0.1) is 5.92 Å². The van der Waals surface area contributed by atoms with Gasteiger partial charge in [-0.1, -0.05) is 18.7 Å². The van der Waals surface area contributed by atoms with Crippen LogP contribution < -0.4 is 5.56 Å². The third-order valence-corrected chi connectivity index (χ3v) is 10.2. The molecule has 0 spiro atoms. The first-order chi connectivity index (χ1) is 14.7. The number of nitrogens with zero attached hydrogens (tertiary/aromatic N) is 3. The van der Waals surface area contributed by atoms with E-state index in [0.717, 1.165) is 29.5 Å². The van der Waals surface area contributed by atoms with Crippen LogP contribution in [0.15, 0.2) is 9.95 Å². The Morgan fingerprint density at radius 3 is 2.74 bits per heavy atom. The topological polar surface area (TPSA) is 89.3 Å². The summed E-state index contributed by atoms with van der Waals surface area (Å²) in [5.41, 5.74) is 1.16. The second kappa shape index (κ2) is 8.86. The Morgan fingerprint density at radius 2 is 2.10 bits per heavy atom. The van der Waals surface area contributed by atoms with E-state index in [9.17, 15) is 18.0 Å². The zero-order valence-electron chi connectivity index (χ0n) is 18.2. The molecule has 1 aliphatic carbocycles. The van der Waals surface area contributed by atoms with E-state index in [-0.39, 0.29) is 34.8 Å². The van der Waals surface area contributed by atoms with E-state index in [1.54, 1.807) is 20.8 Å². The standard InChI is InChI=1S/C21H29N3O4S3/c1-4-23(14-8-9-31(27,28)12-14)17(25)11-29-21-22-19-18(20(26)24(21)5-2)15-7-6-13(3)10-16(15)30-19/h13-14H,4-12H2,1-3H3/t13-,14-/m1/s1. The Labute approximate surface area is 191 Å². The maximum atomic E-state index is 13.3. The summed E-state index contributed by atoms with van der Waals surface area (Å²) in [6, 6.07) is -0.252. The average Bonchev–Trinajstić information content (AvgIpc) is 3.25. The number of sulfone groups is 1. The molecule has 2 aromatic rings. The van der Waals surface area contributed by atoms with Crippen molar-refractivity contribution in [2.24, 2.45) is 5.92 Å². The molecule has 1 fully saturated rings. The first-order valence-corrected chi connectivity index (χ1v) is 14.5. The van der Waals surface area contributed by atoms with E-state index in [1.165, 1.54) is 22.2 Å². The van der Waals surface area contributed by atoms with Crippen molar-refractivity contribution in [3.05, 3.63) is 20.8 Å². The fourth-order valence-corrected chi connectivity index (χ4v) is 8.77. The van der Waals surface area contributed by atoms with Gasteiger partial charge in [-0.2, -0.15) is 0 Å². The van der Waals surface area contributed by atoms with Crippen molar-refractivity contribution in [3.63, 3.8) is 0 Å². The highest BCUT2D eigenvalue weighted by molar-refractivity contribution is 7.99. The lowest BCUT2D eigenvalue weighted by atomic mass is 9.89. The average molecular weight is 484 g/mol. The molecule has 0 saturated carbocycles. The van der Waals surface area contributed by atoms with E-state index < -0.39 is 9.84 Å². The summed E-state index contributed by atoms with van der Waals surface area (Å²) in [6.45, 7) is 7.01. The van der Waals surface area contributed by atoms with E-state index in [0.29, 0.717) is 30.6 Å². The number of hydrogen-bond acceptors (Lipinski definition) is 7. The van der Waals surface area contributed by atoms with Crippen LogP contribution in [0.5, 0.6) is 0 Å². The summed E-state index contributed by atoms with van der Waals surface area (Å²) in [6.07, 6.45) is 3.52. The van der Waals surface area contributed by atoms with Gasteiger partial charge in [0.15, 0.2) is 15.0 Å². The van der Waals surface area contributed by atoms with Gasteiger partial charge in [0.1, 0.15) is 4.83 Å². The predicted molar refractivity (Wildman–Crippen MR) is 126 cm³/mol. The van der Waals surface area contributed by atoms with Gasteiger partial charge < -0.3 is 4.90 Å². The number of aryl methyl sites for hydroxylation is 1. The Morgan fingerprint density at radius 1 is 1.32 bits per heavy atom. The second-order valence-electron chi connectivity index (χ2n) is 8.50. The molecular formula is C21H29N3O4S3. The maximum Gasteiger partial charge on any atom is 0.263 e. The van der Waals surface area contributed by atoms with Gasteiger partial charge in [-0.15, -0.1) is 11.3 Å². The Hall–Kier alpha value is -1.39. The lowest BCUT2D eigenvalue weighted by Crippen LogP contribution is -2.42. The van der Waals surface area contributed by atoms with Gasteiger partial charge in [0.2, 0.25) is 5.91 Å². The molecule has 0 aromatic carbocycles. The number of rotatable bonds is 6. The van der Waals surface area contributed by atoms with Crippen LogP contribution in [0.25, 0.3) is 10.2 Å². The Kier molecular flexibility index (Phi) is 6.52. The summed E-state index contributed by atoms with van der Waals surface area (Å²) in [4.78, 5) is 34.7. The van der Waals surface area contributed by atoms with Crippen molar-refractivity contribution in [1.82, 2.24) is 14.5 Å². The highest BCUT2D eigenvalue weighted by atomic mass is 32.2. The van der Waals surface area contributed by atoms with E-state index in [4.69, 9.17) is 4.98 Å². The van der Waals surface area contributed by atoms with Crippen molar-refractivity contribution < 1.29 is 13.2 Å². The normalized spacial score (nSPS) is 22.5. The van der Waals surface area contributed by atoms with Crippen molar-refractivity contribution in [2.45, 2.75) is 64.2 Å². The van der Waals surface area contributed by atoms with E-state index >= 15 is 0 Å². The number of thioether (sulfide) groups is 1. The monoisotopic (exact) mass is 483 g/mol. The molecule has 2 atom stereocenters. The molecule has 0 N–H and O–H groups in total. The van der Waals surface area contributed by atoms with Gasteiger partial charge in [-0.25, -0.2) is 13.4 Å². The number of amides is 1. The van der Waals surface area contributed by atoms with E-state index in [2.05, 4.69) is 6.92 Å². The predicted octanol–water partition coefficient (Wildman–Crippen LogP) is 2.73. The minimum Gasteiger partial charge on any atom is -0.338 e. The third kappa shape index (κ3) is 4.43. The van der Waals surface area contributed by atoms with Gasteiger partial charge in [-0.05, 0) is 51.0 Å². The van der Waals surface area contributed by atoms with Gasteiger partial charge in [0.25, 0.3) is 5.56 Å². The molecule has 4 rings (SSSR count). The van der Waals surface area contributed by atoms with Crippen LogP contribution in [0.4, 0.5) is 0 Å². The summed E-state index contributed by atoms with van der Waals surface area (Å²) in [5.74, 6) is 0.847. The minimum atomic E-state index is -3.05. The smallest absolute Gasteiger partial charge is 0.263 e. The van der Waals surface area contributed by atoms with Crippen molar-refractivity contribution in [3.8, 4) is 0 Å². The molecule has 2 aliphatic rings. The lowest BCUT2D eigenvalue weighted by Gasteiger charge is -2.26. The highest BCUT2D eigenvalue weighted by Gasteiger charge is 2.34. The fraction of sp³-hybridized carbons (Fsp3) is 0.667. The quantitative estimate of drug-likeness (QED) is 0.464. The zero-order valence-corrected chi connectivity index (χ0v) is 20.7. The molecule has 0 unspecified atom stereocenters. The van der Waals surface area contributed by atoms with Crippen molar-refractivity contribution in [2.75, 3.05) is 23.8 Å². The summed E-state index contributed by atoms with van der Waals surface area (Å²) < 4.78 is 25.3. The molecule has 1 saturated heterocycles. The van der Waals surface area contributed by atoms with Gasteiger partial charge >= 0.3 is 0 Å². The number of carbonyl (C=O) groups is 1. The van der Waals surface area contributed by atoms with Gasteiger partial charge in [0.05, 0.1) is 22.6 Å². The van der Waals surface area contributed by atoms with Gasteiger partial charge in [-0.3, -0.25) is 14.2 Å². The summed E-state index contributed by atoms with van der Waals surface area (Å²) >= 11 is 2.89. The first-order valence-electron chi connectivity index (χ1n) is 10.9. The number of aromatic nitrogens is 2. The second-order valence-corrected chi connectivity index (χ2v) is 12.8. The highest BCUT2D eigenvalue weighted by Crippen LogP contribution is 2.36. The lowest BCUT2D eigenvalue weighted by molar-refractivity contribution is -0.129. The van der Waals surface area contributed by atoms with Crippen molar-refractivity contribution >= 4 is 49.1 Å². The van der Waals surface area contributed by atoms with Crippen LogP contribution in [0.2, 0.25) is 0 Å². The molecule has 0 radical (unpaired) electrons. The fourth-order valence-electron chi connectivity index (χ4n) is 4.66. The van der Waals surface area contributed by atoms with E-state index in [1.807, 2.05) is 13.8 Å².